The molecule has 1 aromatic carbocycles. The van der Waals surface area contributed by atoms with Gasteiger partial charge >= 0.3 is 11.8 Å². The molecule has 1 fully saturated rings. The zero-order valence-corrected chi connectivity index (χ0v) is 16.3. The van der Waals surface area contributed by atoms with E-state index in [-0.39, 0.29) is 24.0 Å². The number of methoxy groups -OCH3 is 1. The molecule has 29 heavy (non-hydrogen) atoms. The van der Waals surface area contributed by atoms with Crippen LogP contribution in [-0.4, -0.2) is 61.3 Å². The Balaban J connectivity index is 1.78. The number of sulfone groups is 1. The molecule has 1 atom stereocenters. The zero-order chi connectivity index (χ0) is 21.0. The lowest BCUT2D eigenvalue weighted by molar-refractivity contribution is 0.0522. The van der Waals surface area contributed by atoms with E-state index < -0.39 is 32.5 Å². The quantitative estimate of drug-likeness (QED) is 0.697. The number of nitrogens with zero attached hydrogens (tertiary/aromatic N) is 3. The lowest BCUT2D eigenvalue weighted by Crippen LogP contribution is -2.44. The van der Waals surface area contributed by atoms with Crippen LogP contribution < -0.4 is 9.47 Å². The van der Waals surface area contributed by atoms with Crippen LogP contribution in [0.3, 0.4) is 0 Å². The Bertz CT molecular complexity index is 987. The number of ether oxygens (including phenoxy) is 2. The van der Waals surface area contributed by atoms with Crippen molar-refractivity contribution < 1.29 is 31.5 Å². The maximum Gasteiger partial charge on any atom is 0.341 e. The number of hydrogen-bond acceptors (Lipinski definition) is 7. The predicted octanol–water partition coefficient (Wildman–Crippen LogP) is 2.17. The Morgan fingerprint density at radius 1 is 1.28 bits per heavy atom. The number of carbonyl (C=O) groups excluding carboxylic acids is 1. The molecule has 0 spiro atoms. The van der Waals surface area contributed by atoms with E-state index in [1.54, 1.807) is 6.07 Å². The second-order valence-corrected chi connectivity index (χ2v) is 8.20. The summed E-state index contributed by atoms with van der Waals surface area (Å²) >= 11 is 0. The maximum atomic E-state index is 13.0. The third-order valence-corrected chi connectivity index (χ3v) is 5.84. The van der Waals surface area contributed by atoms with E-state index in [2.05, 4.69) is 9.97 Å². The largest absolute Gasteiger partial charge is 0.472 e. The highest BCUT2D eigenvalue weighted by molar-refractivity contribution is 7.91. The molecule has 1 saturated heterocycles. The monoisotopic (exact) mass is 427 g/mol. The van der Waals surface area contributed by atoms with Gasteiger partial charge in [0.15, 0.2) is 0 Å². The molecule has 0 saturated carbocycles. The molecule has 11 heteroatoms. The van der Waals surface area contributed by atoms with Crippen molar-refractivity contribution in [1.29, 1.82) is 0 Å². The molecule has 0 bridgehead atoms. The first kappa shape index (κ1) is 20.9. The molecule has 0 radical (unpaired) electrons. The van der Waals surface area contributed by atoms with Gasteiger partial charge in [-0.25, -0.2) is 13.4 Å². The summed E-state index contributed by atoms with van der Waals surface area (Å²) < 4.78 is 60.6. The molecule has 156 valence electrons. The van der Waals surface area contributed by atoms with Crippen LogP contribution in [-0.2, 0) is 9.84 Å². The summed E-state index contributed by atoms with van der Waals surface area (Å²) in [6.07, 6.45) is 2.32. The Morgan fingerprint density at radius 2 is 2.03 bits per heavy atom. The van der Waals surface area contributed by atoms with Crippen molar-refractivity contribution in [1.82, 2.24) is 14.9 Å². The average molecular weight is 427 g/mol. The van der Waals surface area contributed by atoms with Crippen LogP contribution >= 0.6 is 0 Å². The van der Waals surface area contributed by atoms with Gasteiger partial charge in [0.05, 0.1) is 24.1 Å². The molecule has 2 heterocycles. The number of alkyl halides is 2. The standard InChI is InChI=1S/C18H19F2N3O5S/c1-27-18-21-9-8-15(22-18)28-12-5-4-10-23(11-12)16(24)13-6-2-3-7-14(13)29(25,26)17(19)20/h2-3,6-9,12,17H,4-5,10-11H2,1H3. The predicted molar refractivity (Wildman–Crippen MR) is 97.8 cm³/mol. The highest BCUT2D eigenvalue weighted by atomic mass is 32.2. The summed E-state index contributed by atoms with van der Waals surface area (Å²) in [5.41, 5.74) is -0.280. The van der Waals surface area contributed by atoms with Gasteiger partial charge in [0.2, 0.25) is 15.7 Å². The molecule has 8 nitrogen and oxygen atoms in total. The van der Waals surface area contributed by atoms with E-state index in [0.29, 0.717) is 19.4 Å². The first-order chi connectivity index (χ1) is 13.8. The fraction of sp³-hybridized carbons (Fsp3) is 0.389. The molecule has 0 aliphatic carbocycles. The Morgan fingerprint density at radius 3 is 2.76 bits per heavy atom. The van der Waals surface area contributed by atoms with Gasteiger partial charge in [-0.05, 0) is 25.0 Å². The second kappa shape index (κ2) is 8.68. The van der Waals surface area contributed by atoms with E-state index in [1.165, 1.54) is 36.4 Å². The third kappa shape index (κ3) is 4.61. The summed E-state index contributed by atoms with van der Waals surface area (Å²) in [6, 6.07) is 6.67. The maximum absolute atomic E-state index is 13.0. The van der Waals surface area contributed by atoms with Crippen LogP contribution in [0.15, 0.2) is 41.4 Å². The molecule has 1 aromatic heterocycles. The van der Waals surface area contributed by atoms with Crippen molar-refractivity contribution >= 4 is 15.7 Å². The highest BCUT2D eigenvalue weighted by Crippen LogP contribution is 2.25. The van der Waals surface area contributed by atoms with Gasteiger partial charge in [-0.15, -0.1) is 0 Å². The smallest absolute Gasteiger partial charge is 0.341 e. The topological polar surface area (TPSA) is 98.7 Å². The molecule has 1 aliphatic heterocycles. The summed E-state index contributed by atoms with van der Waals surface area (Å²) in [5, 5.41) is 0. The van der Waals surface area contributed by atoms with Gasteiger partial charge in [-0.2, -0.15) is 13.8 Å². The van der Waals surface area contributed by atoms with Crippen LogP contribution in [0.25, 0.3) is 0 Å². The molecular weight excluding hydrogens is 408 g/mol. The SMILES string of the molecule is COc1nccc(OC2CCCN(C(=O)c3ccccc3S(=O)(=O)C(F)F)C2)n1. The van der Waals surface area contributed by atoms with Crippen LogP contribution in [0, 0.1) is 0 Å². The van der Waals surface area contributed by atoms with Crippen molar-refractivity contribution in [3.63, 3.8) is 0 Å². The average Bonchev–Trinajstić information content (AvgIpc) is 2.73. The Kier molecular flexibility index (Phi) is 6.26. The zero-order valence-electron chi connectivity index (χ0n) is 15.5. The molecule has 0 N–H and O–H groups in total. The van der Waals surface area contributed by atoms with Crippen molar-refractivity contribution in [2.24, 2.45) is 0 Å². The molecule has 1 unspecified atom stereocenters. The van der Waals surface area contributed by atoms with Gasteiger partial charge in [0, 0.05) is 18.8 Å². The number of likely N-dealkylation sites (tertiary alicyclic amines) is 1. The lowest BCUT2D eigenvalue weighted by Gasteiger charge is -2.33. The summed E-state index contributed by atoms with van der Waals surface area (Å²) in [4.78, 5) is 21.6. The lowest BCUT2D eigenvalue weighted by atomic mass is 10.1. The summed E-state index contributed by atoms with van der Waals surface area (Å²) in [5.74, 6) is -3.98. The molecule has 3 rings (SSSR count). The number of halogens is 2. The van der Waals surface area contributed by atoms with Crippen LogP contribution in [0.1, 0.15) is 23.2 Å². The normalized spacial score (nSPS) is 17.2. The van der Waals surface area contributed by atoms with Crippen LogP contribution in [0.2, 0.25) is 0 Å². The number of amides is 1. The fourth-order valence-corrected chi connectivity index (χ4v) is 3.96. The van der Waals surface area contributed by atoms with Crippen molar-refractivity contribution in [2.45, 2.75) is 29.6 Å². The molecule has 1 aliphatic rings. The van der Waals surface area contributed by atoms with Gasteiger partial charge in [0.25, 0.3) is 5.91 Å². The summed E-state index contributed by atoms with van der Waals surface area (Å²) in [6.45, 7) is 0.517. The van der Waals surface area contributed by atoms with E-state index in [4.69, 9.17) is 9.47 Å². The highest BCUT2D eigenvalue weighted by Gasteiger charge is 2.33. The van der Waals surface area contributed by atoms with Gasteiger partial charge in [0.1, 0.15) is 6.10 Å². The van der Waals surface area contributed by atoms with E-state index in [0.717, 1.165) is 6.07 Å². The van der Waals surface area contributed by atoms with Crippen LogP contribution in [0.5, 0.6) is 11.9 Å². The van der Waals surface area contributed by atoms with Crippen molar-refractivity contribution in [3.8, 4) is 11.9 Å². The summed E-state index contributed by atoms with van der Waals surface area (Å²) in [7, 11) is -3.48. The number of rotatable bonds is 6. The van der Waals surface area contributed by atoms with Crippen molar-refractivity contribution in [2.75, 3.05) is 20.2 Å². The molecule has 2 aromatic rings. The number of aromatic nitrogens is 2. The third-order valence-electron chi connectivity index (χ3n) is 4.40. The first-order valence-corrected chi connectivity index (χ1v) is 10.3. The minimum absolute atomic E-state index is 0.136. The van der Waals surface area contributed by atoms with Gasteiger partial charge < -0.3 is 14.4 Å². The van der Waals surface area contributed by atoms with E-state index in [1.807, 2.05) is 0 Å². The number of carbonyl (C=O) groups is 1. The minimum Gasteiger partial charge on any atom is -0.472 e. The van der Waals surface area contributed by atoms with Crippen LogP contribution in [0.4, 0.5) is 8.78 Å². The minimum atomic E-state index is -4.90. The second-order valence-electron chi connectivity index (χ2n) is 6.32. The number of benzene rings is 1. The van der Waals surface area contributed by atoms with Crippen molar-refractivity contribution in [3.05, 3.63) is 42.1 Å². The number of hydrogen-bond donors (Lipinski definition) is 0. The molecular formula is C18H19F2N3O5S. The Hall–Kier alpha value is -2.82. The number of piperidine rings is 1. The van der Waals surface area contributed by atoms with E-state index >= 15 is 0 Å². The first-order valence-electron chi connectivity index (χ1n) is 8.77. The Labute approximate surface area is 166 Å². The van der Waals surface area contributed by atoms with E-state index in [9.17, 15) is 22.0 Å². The van der Waals surface area contributed by atoms with Gasteiger partial charge in [-0.3, -0.25) is 4.79 Å². The molecule has 1 amide bonds. The fourth-order valence-electron chi connectivity index (χ4n) is 3.04. The van der Waals surface area contributed by atoms with Gasteiger partial charge in [-0.1, -0.05) is 12.1 Å².